The first-order valence-electron chi connectivity index (χ1n) is 2.90. The van der Waals surface area contributed by atoms with E-state index in [4.69, 9.17) is 10.8 Å². The second-order valence-electron chi connectivity index (χ2n) is 2.00. The van der Waals surface area contributed by atoms with E-state index in [1.54, 1.807) is 6.07 Å². The number of phenolic OH excluding ortho intramolecular Hbond substituents is 1. The van der Waals surface area contributed by atoms with Gasteiger partial charge in [-0.15, -0.1) is 0 Å². The zero-order valence-electron chi connectivity index (χ0n) is 5.54. The van der Waals surface area contributed by atoms with Gasteiger partial charge in [-0.3, -0.25) is 4.79 Å². The van der Waals surface area contributed by atoms with Crippen molar-refractivity contribution < 1.29 is 9.90 Å². The van der Waals surface area contributed by atoms with Crippen LogP contribution in [0.1, 0.15) is 10.4 Å². The van der Waals surface area contributed by atoms with Crippen LogP contribution in [0, 0.1) is 0 Å². The Morgan fingerprint density at radius 3 is 2.64 bits per heavy atom. The van der Waals surface area contributed by atoms with E-state index in [9.17, 15) is 4.79 Å². The van der Waals surface area contributed by atoms with Crippen molar-refractivity contribution in [2.24, 2.45) is 5.73 Å². The maximum Gasteiger partial charge on any atom is 0.249 e. The fourth-order valence-corrected chi connectivity index (χ4v) is 1.17. The third-order valence-electron chi connectivity index (χ3n) is 1.24. The minimum Gasteiger partial charge on any atom is -0.507 e. The number of benzene rings is 1. The molecule has 0 aliphatic rings. The van der Waals surface area contributed by atoms with Gasteiger partial charge in [0.1, 0.15) is 5.75 Å². The minimum atomic E-state index is -0.562. The van der Waals surface area contributed by atoms with Gasteiger partial charge in [0.05, 0.1) is 10.0 Å². The van der Waals surface area contributed by atoms with E-state index < -0.39 is 5.91 Å². The molecule has 0 heterocycles. The van der Waals surface area contributed by atoms with Crippen molar-refractivity contribution in [2.75, 3.05) is 0 Å². The number of nitrogens with two attached hydrogens (primary N) is 1. The molecule has 0 aromatic heterocycles. The summed E-state index contributed by atoms with van der Waals surface area (Å²) in [5.41, 5.74) is 5.29. The first kappa shape index (κ1) is 8.07. The molecule has 0 saturated carbocycles. The van der Waals surface area contributed by atoms with Gasteiger partial charge < -0.3 is 10.8 Å². The molecule has 0 radical (unpaired) electrons. The molecule has 0 bridgehead atoms. The van der Waals surface area contributed by atoms with Crippen LogP contribution in [0.3, 0.4) is 0 Å². The highest BCUT2D eigenvalue weighted by molar-refractivity contribution is 9.10. The Labute approximate surface area is 72.0 Å². The summed E-state index contributed by atoms with van der Waals surface area (Å²) in [6, 6.07) is 4.56. The van der Waals surface area contributed by atoms with E-state index in [2.05, 4.69) is 15.9 Å². The van der Waals surface area contributed by atoms with Crippen LogP contribution in [0.25, 0.3) is 0 Å². The summed E-state index contributed by atoms with van der Waals surface area (Å²) in [7, 11) is 0. The van der Waals surface area contributed by atoms with Gasteiger partial charge in [0.15, 0.2) is 0 Å². The molecular weight excluding hydrogens is 210 g/mol. The van der Waals surface area contributed by atoms with Crippen LogP contribution in [0.15, 0.2) is 22.7 Å². The Bertz CT molecular complexity index is 298. The molecule has 1 aromatic carbocycles. The van der Waals surface area contributed by atoms with Crippen molar-refractivity contribution in [3.05, 3.63) is 28.2 Å². The van der Waals surface area contributed by atoms with Crippen LogP contribution in [0.2, 0.25) is 0 Å². The fourth-order valence-electron chi connectivity index (χ4n) is 0.710. The van der Waals surface area contributed by atoms with E-state index in [-0.39, 0.29) is 11.3 Å². The van der Waals surface area contributed by atoms with E-state index in [0.29, 0.717) is 4.47 Å². The number of rotatable bonds is 1. The molecule has 1 amide bonds. The molecule has 0 fully saturated rings. The molecule has 1 aromatic rings. The number of halogens is 1. The van der Waals surface area contributed by atoms with Gasteiger partial charge in [-0.1, -0.05) is 6.07 Å². The highest BCUT2D eigenvalue weighted by atomic mass is 79.9. The summed E-state index contributed by atoms with van der Waals surface area (Å²) in [4.78, 5) is 10.7. The highest BCUT2D eigenvalue weighted by Gasteiger charge is 2.07. The summed E-state index contributed by atoms with van der Waals surface area (Å²) in [6.07, 6.45) is 0. The fraction of sp³-hybridized carbons (Fsp3) is 0. The molecule has 4 heteroatoms. The van der Waals surface area contributed by atoms with E-state index in [1.165, 1.54) is 12.1 Å². The largest absolute Gasteiger partial charge is 0.507 e. The third kappa shape index (κ3) is 1.51. The smallest absolute Gasteiger partial charge is 0.249 e. The molecule has 0 spiro atoms. The SMILES string of the molecule is NC(=O)c1cccc(O)c1Br. The number of carbonyl (C=O) groups is 1. The number of hydrogen-bond acceptors (Lipinski definition) is 2. The Hall–Kier alpha value is -1.03. The van der Waals surface area contributed by atoms with E-state index >= 15 is 0 Å². The predicted octanol–water partition coefficient (Wildman–Crippen LogP) is 1.25. The van der Waals surface area contributed by atoms with Crippen LogP contribution in [0.5, 0.6) is 5.75 Å². The Kier molecular flexibility index (Phi) is 2.14. The Balaban J connectivity index is 3.27. The first-order valence-corrected chi connectivity index (χ1v) is 3.69. The van der Waals surface area contributed by atoms with E-state index in [0.717, 1.165) is 0 Å². The summed E-state index contributed by atoms with van der Waals surface area (Å²) in [6.45, 7) is 0. The first-order chi connectivity index (χ1) is 5.13. The molecule has 3 N–H and O–H groups in total. The zero-order valence-corrected chi connectivity index (χ0v) is 7.13. The maximum atomic E-state index is 10.7. The van der Waals surface area contributed by atoms with Gasteiger partial charge in [-0.05, 0) is 28.1 Å². The number of phenols is 1. The Morgan fingerprint density at radius 1 is 1.55 bits per heavy atom. The lowest BCUT2D eigenvalue weighted by atomic mass is 10.2. The quantitative estimate of drug-likeness (QED) is 0.741. The number of primary amides is 1. The van der Waals surface area contributed by atoms with Gasteiger partial charge in [0.25, 0.3) is 0 Å². The summed E-state index contributed by atoms with van der Waals surface area (Å²) < 4.78 is 0.340. The molecule has 0 saturated heterocycles. The summed E-state index contributed by atoms with van der Waals surface area (Å²) in [5, 5.41) is 9.09. The molecule has 0 aliphatic heterocycles. The summed E-state index contributed by atoms with van der Waals surface area (Å²) >= 11 is 3.03. The van der Waals surface area contributed by atoms with Crippen molar-refractivity contribution in [3.8, 4) is 5.75 Å². The molecular formula is C7H6BrNO2. The molecule has 3 nitrogen and oxygen atoms in total. The van der Waals surface area contributed by atoms with Gasteiger partial charge in [0, 0.05) is 0 Å². The van der Waals surface area contributed by atoms with Gasteiger partial charge in [0.2, 0.25) is 5.91 Å². The Morgan fingerprint density at radius 2 is 2.18 bits per heavy atom. The lowest BCUT2D eigenvalue weighted by Crippen LogP contribution is -2.11. The highest BCUT2D eigenvalue weighted by Crippen LogP contribution is 2.26. The van der Waals surface area contributed by atoms with Gasteiger partial charge in [-0.2, -0.15) is 0 Å². The van der Waals surface area contributed by atoms with Crippen LogP contribution in [0.4, 0.5) is 0 Å². The molecule has 0 unspecified atom stereocenters. The van der Waals surface area contributed by atoms with Gasteiger partial charge in [-0.25, -0.2) is 0 Å². The van der Waals surface area contributed by atoms with Crippen molar-refractivity contribution in [1.29, 1.82) is 0 Å². The topological polar surface area (TPSA) is 63.3 Å². The molecule has 0 aliphatic carbocycles. The number of aromatic hydroxyl groups is 1. The predicted molar refractivity (Wildman–Crippen MR) is 44.3 cm³/mol. The second kappa shape index (κ2) is 2.92. The molecule has 1 rings (SSSR count). The standard InChI is InChI=1S/C7H6BrNO2/c8-6-4(7(9)11)2-1-3-5(6)10/h1-3,10H,(H2,9,11). The number of amides is 1. The van der Waals surface area contributed by atoms with Crippen molar-refractivity contribution in [2.45, 2.75) is 0 Å². The van der Waals surface area contributed by atoms with Crippen molar-refractivity contribution >= 4 is 21.8 Å². The van der Waals surface area contributed by atoms with Crippen LogP contribution in [-0.2, 0) is 0 Å². The summed E-state index contributed by atoms with van der Waals surface area (Å²) in [5.74, 6) is -0.547. The molecule has 0 atom stereocenters. The lowest BCUT2D eigenvalue weighted by molar-refractivity contribution is 0.0999. The monoisotopic (exact) mass is 215 g/mol. The van der Waals surface area contributed by atoms with Crippen molar-refractivity contribution in [3.63, 3.8) is 0 Å². The maximum absolute atomic E-state index is 10.7. The minimum absolute atomic E-state index is 0.0151. The van der Waals surface area contributed by atoms with Crippen LogP contribution >= 0.6 is 15.9 Å². The van der Waals surface area contributed by atoms with Crippen LogP contribution < -0.4 is 5.73 Å². The normalized spacial score (nSPS) is 9.55. The van der Waals surface area contributed by atoms with Crippen LogP contribution in [-0.4, -0.2) is 11.0 Å². The lowest BCUT2D eigenvalue weighted by Gasteiger charge is -2.00. The second-order valence-corrected chi connectivity index (χ2v) is 2.80. The van der Waals surface area contributed by atoms with E-state index in [1.807, 2.05) is 0 Å². The van der Waals surface area contributed by atoms with Crippen molar-refractivity contribution in [1.82, 2.24) is 0 Å². The van der Waals surface area contributed by atoms with Gasteiger partial charge >= 0.3 is 0 Å². The average molecular weight is 216 g/mol. The average Bonchev–Trinajstić information content (AvgIpc) is 1.94. The molecule has 58 valence electrons. The number of carbonyl (C=O) groups excluding carboxylic acids is 1. The number of hydrogen-bond donors (Lipinski definition) is 2. The molecule has 11 heavy (non-hydrogen) atoms. The zero-order chi connectivity index (χ0) is 8.43. The third-order valence-corrected chi connectivity index (χ3v) is 2.08.